The van der Waals surface area contributed by atoms with E-state index < -0.39 is 5.91 Å². The van der Waals surface area contributed by atoms with E-state index in [0.717, 1.165) is 24.3 Å². The first-order valence-electron chi connectivity index (χ1n) is 9.80. The van der Waals surface area contributed by atoms with Crippen LogP contribution in [0, 0.1) is 0 Å². The number of carbonyl (C=O) groups excluding carboxylic acids is 1. The van der Waals surface area contributed by atoms with Crippen LogP contribution in [0.1, 0.15) is 35.6 Å². The lowest BCUT2D eigenvalue weighted by atomic mass is 10.2. The van der Waals surface area contributed by atoms with Crippen LogP contribution in [-0.4, -0.2) is 69.5 Å². The molecule has 0 aliphatic rings. The van der Waals surface area contributed by atoms with Gasteiger partial charge < -0.3 is 15.5 Å². The van der Waals surface area contributed by atoms with Gasteiger partial charge in [0.1, 0.15) is 0 Å². The molecule has 0 aliphatic heterocycles. The minimum Gasteiger partial charge on any atom is -0.378 e. The Morgan fingerprint density at radius 1 is 1.23 bits per heavy atom. The second-order valence-corrected chi connectivity index (χ2v) is 6.97. The van der Waals surface area contributed by atoms with Gasteiger partial charge in [-0.2, -0.15) is 9.78 Å². The van der Waals surface area contributed by atoms with Crippen molar-refractivity contribution in [3.05, 3.63) is 41.2 Å². The van der Waals surface area contributed by atoms with Gasteiger partial charge in [0.2, 0.25) is 11.6 Å². The van der Waals surface area contributed by atoms with E-state index in [2.05, 4.69) is 54.5 Å². The Morgan fingerprint density at radius 3 is 2.52 bits per heavy atom. The fourth-order valence-corrected chi connectivity index (χ4v) is 3.01. The lowest BCUT2D eigenvalue weighted by Gasteiger charge is -2.20. The molecule has 1 aromatic carbocycles. The first-order valence-corrected chi connectivity index (χ1v) is 9.80. The number of rotatable bonds is 9. The number of carbonyl (C=O) groups is 1. The third kappa shape index (κ3) is 5.04. The Bertz CT molecular complexity index is 1030. The first kappa shape index (κ1) is 21.9. The minimum absolute atomic E-state index is 0.0445. The van der Waals surface area contributed by atoms with E-state index in [9.17, 15) is 4.79 Å². The van der Waals surface area contributed by atoms with Crippen molar-refractivity contribution in [2.24, 2.45) is 5.10 Å². The van der Waals surface area contributed by atoms with E-state index in [1.807, 2.05) is 43.3 Å². The van der Waals surface area contributed by atoms with E-state index in [1.165, 1.54) is 4.68 Å². The average Bonchev–Trinajstić information content (AvgIpc) is 3.35. The Hall–Kier alpha value is -3.80. The standard InChI is InChI=1S/C19H26N10O2/c1-5-28(6-2)14-9-7-13(8-10-14)11-21-23-19(30)16-15(12-27(3)4)29(26-22-16)18-17(20)24-31-25-18/h7-11H,5-6,12H2,1-4H3,(H2,20,24)(H,23,30)/b21-11+. The van der Waals surface area contributed by atoms with Crippen LogP contribution in [0.25, 0.3) is 5.82 Å². The van der Waals surface area contributed by atoms with Crippen molar-refractivity contribution in [2.45, 2.75) is 20.4 Å². The fraction of sp³-hybridized carbons (Fsp3) is 0.368. The second kappa shape index (κ2) is 9.80. The van der Waals surface area contributed by atoms with Gasteiger partial charge in [-0.05, 0) is 56.0 Å². The molecule has 3 N–H and O–H groups in total. The molecule has 0 unspecified atom stereocenters. The molecule has 0 fully saturated rings. The molecule has 1 amide bonds. The molecule has 12 nitrogen and oxygen atoms in total. The molecule has 0 aliphatic carbocycles. The summed E-state index contributed by atoms with van der Waals surface area (Å²) in [5, 5.41) is 19.3. The highest BCUT2D eigenvalue weighted by Gasteiger charge is 2.24. The highest BCUT2D eigenvalue weighted by Crippen LogP contribution is 2.17. The molecule has 0 radical (unpaired) electrons. The summed E-state index contributed by atoms with van der Waals surface area (Å²) in [7, 11) is 3.70. The van der Waals surface area contributed by atoms with Crippen LogP contribution in [0.15, 0.2) is 34.0 Å². The topological polar surface area (TPSA) is 144 Å². The van der Waals surface area contributed by atoms with Gasteiger partial charge in [0, 0.05) is 25.3 Å². The number of amides is 1. The van der Waals surface area contributed by atoms with Crippen molar-refractivity contribution in [1.82, 2.24) is 35.6 Å². The minimum atomic E-state index is -0.505. The molecular formula is C19H26N10O2. The molecule has 3 aromatic rings. The van der Waals surface area contributed by atoms with Gasteiger partial charge in [-0.25, -0.2) is 10.1 Å². The third-order valence-electron chi connectivity index (χ3n) is 4.54. The van der Waals surface area contributed by atoms with Crippen molar-refractivity contribution in [2.75, 3.05) is 37.8 Å². The predicted octanol–water partition coefficient (Wildman–Crippen LogP) is 0.904. The van der Waals surface area contributed by atoms with E-state index in [1.54, 1.807) is 6.21 Å². The SMILES string of the molecule is CCN(CC)c1ccc(/C=N/NC(=O)c2nnn(-c3nonc3N)c2CN(C)C)cc1. The van der Waals surface area contributed by atoms with E-state index in [0.29, 0.717) is 12.2 Å². The molecule has 0 atom stereocenters. The molecule has 2 aromatic heterocycles. The zero-order valence-electron chi connectivity index (χ0n) is 18.0. The number of nitrogens with one attached hydrogen (secondary N) is 1. The summed E-state index contributed by atoms with van der Waals surface area (Å²) in [5.74, 6) is -0.294. The Labute approximate surface area is 179 Å². The van der Waals surface area contributed by atoms with Crippen LogP contribution in [-0.2, 0) is 6.54 Å². The van der Waals surface area contributed by atoms with Crippen LogP contribution < -0.4 is 16.1 Å². The molecular weight excluding hydrogens is 400 g/mol. The second-order valence-electron chi connectivity index (χ2n) is 6.97. The van der Waals surface area contributed by atoms with Gasteiger partial charge >= 0.3 is 0 Å². The van der Waals surface area contributed by atoms with Gasteiger partial charge in [0.05, 0.1) is 11.9 Å². The predicted molar refractivity (Wildman–Crippen MR) is 116 cm³/mol. The van der Waals surface area contributed by atoms with Crippen molar-refractivity contribution in [3.63, 3.8) is 0 Å². The number of nitrogen functional groups attached to an aromatic ring is 1. The Balaban J connectivity index is 1.74. The van der Waals surface area contributed by atoms with Crippen LogP contribution >= 0.6 is 0 Å². The number of hydrazone groups is 1. The Kier molecular flexibility index (Phi) is 6.92. The monoisotopic (exact) mass is 426 g/mol. The van der Waals surface area contributed by atoms with Crippen LogP contribution in [0.4, 0.5) is 11.5 Å². The molecule has 164 valence electrons. The number of hydrogen-bond acceptors (Lipinski definition) is 10. The first-order chi connectivity index (χ1) is 14.9. The molecule has 0 spiro atoms. The summed E-state index contributed by atoms with van der Waals surface area (Å²) < 4.78 is 5.96. The maximum atomic E-state index is 12.7. The van der Waals surface area contributed by atoms with Crippen LogP contribution in [0.5, 0.6) is 0 Å². The molecule has 0 saturated carbocycles. The molecule has 12 heteroatoms. The Morgan fingerprint density at radius 2 is 1.94 bits per heavy atom. The van der Waals surface area contributed by atoms with Gasteiger partial charge in [0.15, 0.2) is 5.69 Å². The summed E-state index contributed by atoms with van der Waals surface area (Å²) >= 11 is 0. The summed E-state index contributed by atoms with van der Waals surface area (Å²) in [5.41, 5.74) is 10.8. The highest BCUT2D eigenvalue weighted by atomic mass is 16.6. The lowest BCUT2D eigenvalue weighted by Crippen LogP contribution is -2.23. The number of nitrogens with two attached hydrogens (primary N) is 1. The zero-order valence-corrected chi connectivity index (χ0v) is 18.0. The van der Waals surface area contributed by atoms with Crippen LogP contribution in [0.3, 0.4) is 0 Å². The van der Waals surface area contributed by atoms with E-state index in [4.69, 9.17) is 5.73 Å². The van der Waals surface area contributed by atoms with Gasteiger partial charge in [-0.3, -0.25) is 4.79 Å². The highest BCUT2D eigenvalue weighted by molar-refractivity contribution is 5.94. The molecule has 3 rings (SSSR count). The van der Waals surface area contributed by atoms with E-state index in [-0.39, 0.29) is 17.3 Å². The number of nitrogens with zero attached hydrogens (tertiary/aromatic N) is 8. The molecule has 2 heterocycles. The number of hydrogen-bond donors (Lipinski definition) is 2. The zero-order chi connectivity index (χ0) is 22.4. The molecule has 31 heavy (non-hydrogen) atoms. The summed E-state index contributed by atoms with van der Waals surface area (Å²) in [6.07, 6.45) is 1.57. The molecule has 0 saturated heterocycles. The van der Waals surface area contributed by atoms with Gasteiger partial charge in [-0.15, -0.1) is 5.10 Å². The normalized spacial score (nSPS) is 11.4. The average molecular weight is 426 g/mol. The van der Waals surface area contributed by atoms with Crippen molar-refractivity contribution in [1.29, 1.82) is 0 Å². The quantitative estimate of drug-likeness (QED) is 0.377. The fourth-order valence-electron chi connectivity index (χ4n) is 3.01. The van der Waals surface area contributed by atoms with Crippen LogP contribution in [0.2, 0.25) is 0 Å². The largest absolute Gasteiger partial charge is 0.378 e. The summed E-state index contributed by atoms with van der Waals surface area (Å²) in [6.45, 7) is 6.46. The van der Waals surface area contributed by atoms with Gasteiger partial charge in [0.25, 0.3) is 5.91 Å². The maximum absolute atomic E-state index is 12.7. The summed E-state index contributed by atoms with van der Waals surface area (Å²) in [6, 6.07) is 7.93. The smallest absolute Gasteiger partial charge is 0.293 e. The molecule has 0 bridgehead atoms. The van der Waals surface area contributed by atoms with Gasteiger partial charge in [-0.1, -0.05) is 17.3 Å². The summed E-state index contributed by atoms with van der Waals surface area (Å²) in [4.78, 5) is 16.8. The number of benzene rings is 1. The van der Waals surface area contributed by atoms with E-state index >= 15 is 0 Å². The third-order valence-corrected chi connectivity index (χ3v) is 4.54. The number of anilines is 2. The lowest BCUT2D eigenvalue weighted by molar-refractivity contribution is 0.0948. The van der Waals surface area contributed by atoms with Crippen molar-refractivity contribution >= 4 is 23.6 Å². The van der Waals surface area contributed by atoms with Crippen molar-refractivity contribution in [3.8, 4) is 5.82 Å². The maximum Gasteiger partial charge on any atom is 0.293 e. The van der Waals surface area contributed by atoms with Crippen molar-refractivity contribution < 1.29 is 9.42 Å². The number of aromatic nitrogens is 5.